The molecule has 1 fully saturated rings. The van der Waals surface area contributed by atoms with Crippen LogP contribution in [-0.4, -0.2) is 6.04 Å². The summed E-state index contributed by atoms with van der Waals surface area (Å²) in [4.78, 5) is 0. The Balaban J connectivity index is 2.63. The normalized spacial score (nSPS) is 31.5. The van der Waals surface area contributed by atoms with E-state index in [4.69, 9.17) is 5.73 Å². The van der Waals surface area contributed by atoms with Gasteiger partial charge in [-0.15, -0.1) is 0 Å². The molecule has 0 bridgehead atoms. The molecule has 0 saturated heterocycles. The third-order valence-electron chi connectivity index (χ3n) is 3.95. The summed E-state index contributed by atoms with van der Waals surface area (Å²) in [7, 11) is 0. The molecular weight excluding hydrogens is 170 g/mol. The molecule has 0 aliphatic heterocycles. The standard InChI is InChI=1S/C13H27N/c1-5-10-8-6-7-9-11(10)12(14)13(2,3)4/h10-12H,5-9,14H2,1-4H3. The highest BCUT2D eigenvalue weighted by Gasteiger charge is 2.34. The smallest absolute Gasteiger partial charge is 0.0119 e. The van der Waals surface area contributed by atoms with Gasteiger partial charge in [-0.2, -0.15) is 0 Å². The number of hydrogen-bond acceptors (Lipinski definition) is 1. The fourth-order valence-corrected chi connectivity index (χ4v) is 2.86. The molecule has 1 rings (SSSR count). The van der Waals surface area contributed by atoms with Crippen molar-refractivity contribution < 1.29 is 0 Å². The minimum Gasteiger partial charge on any atom is -0.327 e. The van der Waals surface area contributed by atoms with Crippen molar-refractivity contribution in [2.75, 3.05) is 0 Å². The van der Waals surface area contributed by atoms with Gasteiger partial charge in [0.05, 0.1) is 0 Å². The predicted molar refractivity (Wildman–Crippen MR) is 63.2 cm³/mol. The summed E-state index contributed by atoms with van der Waals surface area (Å²) in [6, 6.07) is 0.382. The topological polar surface area (TPSA) is 26.0 Å². The number of nitrogens with two attached hydrogens (primary N) is 1. The molecule has 2 N–H and O–H groups in total. The maximum absolute atomic E-state index is 6.39. The molecule has 3 atom stereocenters. The van der Waals surface area contributed by atoms with E-state index in [9.17, 15) is 0 Å². The average molecular weight is 197 g/mol. The molecule has 0 aromatic rings. The molecule has 84 valence electrons. The lowest BCUT2D eigenvalue weighted by atomic mass is 9.68. The first kappa shape index (κ1) is 12.0. The Morgan fingerprint density at radius 2 is 1.79 bits per heavy atom. The molecule has 0 amide bonds. The Hall–Kier alpha value is -0.0400. The Labute approximate surface area is 89.5 Å². The molecule has 3 unspecified atom stereocenters. The molecule has 1 nitrogen and oxygen atoms in total. The van der Waals surface area contributed by atoms with Crippen LogP contribution in [0.25, 0.3) is 0 Å². The first-order valence-electron chi connectivity index (χ1n) is 6.22. The van der Waals surface area contributed by atoms with Gasteiger partial charge in [-0.05, 0) is 23.7 Å². The van der Waals surface area contributed by atoms with E-state index in [1.165, 1.54) is 32.1 Å². The highest BCUT2D eigenvalue weighted by molar-refractivity contribution is 4.89. The lowest BCUT2D eigenvalue weighted by Crippen LogP contribution is -2.45. The maximum Gasteiger partial charge on any atom is 0.0119 e. The van der Waals surface area contributed by atoms with Crippen molar-refractivity contribution in [3.05, 3.63) is 0 Å². The largest absolute Gasteiger partial charge is 0.327 e. The molecule has 0 aromatic carbocycles. The van der Waals surface area contributed by atoms with Crippen molar-refractivity contribution in [1.82, 2.24) is 0 Å². The summed E-state index contributed by atoms with van der Waals surface area (Å²) >= 11 is 0. The van der Waals surface area contributed by atoms with Crippen molar-refractivity contribution in [2.45, 2.75) is 65.8 Å². The Morgan fingerprint density at radius 3 is 2.29 bits per heavy atom. The molecule has 1 saturated carbocycles. The van der Waals surface area contributed by atoms with Crippen LogP contribution in [0.2, 0.25) is 0 Å². The van der Waals surface area contributed by atoms with Crippen LogP contribution < -0.4 is 5.73 Å². The highest BCUT2D eigenvalue weighted by Crippen LogP contribution is 2.38. The molecular formula is C13H27N. The van der Waals surface area contributed by atoms with Gasteiger partial charge in [-0.25, -0.2) is 0 Å². The molecule has 0 radical (unpaired) electrons. The molecule has 1 aliphatic carbocycles. The van der Waals surface area contributed by atoms with E-state index in [-0.39, 0.29) is 5.41 Å². The SMILES string of the molecule is CCC1CCCCC1C(N)C(C)(C)C. The zero-order chi connectivity index (χ0) is 10.8. The van der Waals surface area contributed by atoms with E-state index in [0.29, 0.717) is 6.04 Å². The molecule has 0 heterocycles. The molecule has 0 spiro atoms. The summed E-state index contributed by atoms with van der Waals surface area (Å²) in [5, 5.41) is 0. The summed E-state index contributed by atoms with van der Waals surface area (Å²) in [5.41, 5.74) is 6.66. The lowest BCUT2D eigenvalue weighted by molar-refractivity contribution is 0.130. The summed E-state index contributed by atoms with van der Waals surface area (Å²) in [6.45, 7) is 9.15. The van der Waals surface area contributed by atoms with Crippen molar-refractivity contribution in [3.8, 4) is 0 Å². The van der Waals surface area contributed by atoms with Gasteiger partial charge in [-0.1, -0.05) is 53.4 Å². The molecule has 0 aromatic heterocycles. The van der Waals surface area contributed by atoms with E-state index in [1.54, 1.807) is 0 Å². The van der Waals surface area contributed by atoms with Crippen LogP contribution in [0.3, 0.4) is 0 Å². The van der Waals surface area contributed by atoms with Gasteiger partial charge < -0.3 is 5.73 Å². The van der Waals surface area contributed by atoms with Crippen LogP contribution >= 0.6 is 0 Å². The minimum absolute atomic E-state index is 0.273. The van der Waals surface area contributed by atoms with Gasteiger partial charge in [0.2, 0.25) is 0 Å². The van der Waals surface area contributed by atoms with Crippen molar-refractivity contribution in [2.24, 2.45) is 23.0 Å². The van der Waals surface area contributed by atoms with Crippen LogP contribution in [0.4, 0.5) is 0 Å². The third kappa shape index (κ3) is 2.73. The number of hydrogen-bond donors (Lipinski definition) is 1. The van der Waals surface area contributed by atoms with Crippen LogP contribution in [0.15, 0.2) is 0 Å². The fourth-order valence-electron chi connectivity index (χ4n) is 2.86. The summed E-state index contributed by atoms with van der Waals surface area (Å²) < 4.78 is 0. The predicted octanol–water partition coefficient (Wildman–Crippen LogP) is 3.58. The minimum atomic E-state index is 0.273. The summed E-state index contributed by atoms with van der Waals surface area (Å²) in [6.07, 6.45) is 6.90. The van der Waals surface area contributed by atoms with Crippen LogP contribution in [0.5, 0.6) is 0 Å². The quantitative estimate of drug-likeness (QED) is 0.719. The zero-order valence-corrected chi connectivity index (χ0v) is 10.3. The molecule has 1 heteroatoms. The van der Waals surface area contributed by atoms with E-state index >= 15 is 0 Å². The monoisotopic (exact) mass is 197 g/mol. The first-order chi connectivity index (χ1) is 6.46. The second-order valence-electron chi connectivity index (χ2n) is 6.01. The molecule has 14 heavy (non-hydrogen) atoms. The van der Waals surface area contributed by atoms with E-state index in [0.717, 1.165) is 11.8 Å². The van der Waals surface area contributed by atoms with E-state index < -0.39 is 0 Å². The zero-order valence-electron chi connectivity index (χ0n) is 10.3. The van der Waals surface area contributed by atoms with Crippen LogP contribution in [0, 0.1) is 17.3 Å². The first-order valence-corrected chi connectivity index (χ1v) is 6.22. The van der Waals surface area contributed by atoms with Gasteiger partial charge in [0.15, 0.2) is 0 Å². The fraction of sp³-hybridized carbons (Fsp3) is 1.00. The Morgan fingerprint density at radius 1 is 1.21 bits per heavy atom. The Bertz CT molecular complexity index is 169. The van der Waals surface area contributed by atoms with Gasteiger partial charge in [0.1, 0.15) is 0 Å². The lowest BCUT2D eigenvalue weighted by Gasteiger charge is -2.41. The summed E-state index contributed by atoms with van der Waals surface area (Å²) in [5.74, 6) is 1.66. The van der Waals surface area contributed by atoms with Crippen LogP contribution in [0.1, 0.15) is 59.8 Å². The van der Waals surface area contributed by atoms with Crippen molar-refractivity contribution in [3.63, 3.8) is 0 Å². The maximum atomic E-state index is 6.39. The van der Waals surface area contributed by atoms with Crippen LogP contribution in [-0.2, 0) is 0 Å². The second-order valence-corrected chi connectivity index (χ2v) is 6.01. The Kier molecular flexibility index (Phi) is 4.00. The second kappa shape index (κ2) is 4.65. The average Bonchev–Trinajstić information content (AvgIpc) is 2.15. The van der Waals surface area contributed by atoms with Gasteiger partial charge in [0, 0.05) is 6.04 Å². The van der Waals surface area contributed by atoms with Gasteiger partial charge in [-0.3, -0.25) is 0 Å². The number of rotatable bonds is 2. The van der Waals surface area contributed by atoms with Gasteiger partial charge in [0.25, 0.3) is 0 Å². The van der Waals surface area contributed by atoms with Crippen molar-refractivity contribution >= 4 is 0 Å². The van der Waals surface area contributed by atoms with E-state index in [2.05, 4.69) is 27.7 Å². The van der Waals surface area contributed by atoms with Crippen molar-refractivity contribution in [1.29, 1.82) is 0 Å². The van der Waals surface area contributed by atoms with Gasteiger partial charge >= 0.3 is 0 Å². The highest BCUT2D eigenvalue weighted by atomic mass is 14.7. The molecule has 1 aliphatic rings. The van der Waals surface area contributed by atoms with E-state index in [1.807, 2.05) is 0 Å². The third-order valence-corrected chi connectivity index (χ3v) is 3.95.